The van der Waals surface area contributed by atoms with Crippen LogP contribution in [-0.4, -0.2) is 31.6 Å². The van der Waals surface area contributed by atoms with Crippen molar-refractivity contribution in [3.05, 3.63) is 23.7 Å². The predicted molar refractivity (Wildman–Crippen MR) is 62.9 cm³/mol. The van der Waals surface area contributed by atoms with Gasteiger partial charge in [-0.05, 0) is 18.9 Å². The van der Waals surface area contributed by atoms with E-state index in [9.17, 15) is 9.59 Å². The van der Waals surface area contributed by atoms with Gasteiger partial charge in [0.2, 0.25) is 11.7 Å². The van der Waals surface area contributed by atoms with E-state index in [4.69, 9.17) is 4.42 Å². The van der Waals surface area contributed by atoms with E-state index in [0.717, 1.165) is 19.4 Å². The smallest absolute Gasteiger partial charge is 0.374 e. The summed E-state index contributed by atoms with van der Waals surface area (Å²) in [7, 11) is 1.30. The van der Waals surface area contributed by atoms with Crippen molar-refractivity contribution in [2.45, 2.75) is 25.4 Å². The van der Waals surface area contributed by atoms with Crippen LogP contribution in [0.3, 0.4) is 0 Å². The van der Waals surface area contributed by atoms with Gasteiger partial charge < -0.3 is 19.8 Å². The molecule has 1 saturated heterocycles. The maximum Gasteiger partial charge on any atom is 0.374 e. The first-order chi connectivity index (χ1) is 8.72. The standard InChI is InChI=1S/C12H16N2O4/c1-17-12(16)10-8(4-6-18-10)7-14-9-3-2-5-13-11(9)15/h4,6,9,14H,2-3,5,7H2,1H3,(H,13,15). The van der Waals surface area contributed by atoms with Crippen molar-refractivity contribution in [2.75, 3.05) is 13.7 Å². The van der Waals surface area contributed by atoms with Crippen LogP contribution in [-0.2, 0) is 16.1 Å². The zero-order chi connectivity index (χ0) is 13.0. The predicted octanol–water partition coefficient (Wildman–Crippen LogP) is 0.434. The van der Waals surface area contributed by atoms with Gasteiger partial charge >= 0.3 is 5.97 Å². The summed E-state index contributed by atoms with van der Waals surface area (Å²) in [6.45, 7) is 1.13. The minimum Gasteiger partial charge on any atom is -0.463 e. The van der Waals surface area contributed by atoms with E-state index >= 15 is 0 Å². The lowest BCUT2D eigenvalue weighted by atomic mass is 10.1. The highest BCUT2D eigenvalue weighted by atomic mass is 16.5. The van der Waals surface area contributed by atoms with Crippen molar-refractivity contribution in [3.63, 3.8) is 0 Å². The Balaban J connectivity index is 1.95. The zero-order valence-corrected chi connectivity index (χ0v) is 10.2. The molecule has 0 radical (unpaired) electrons. The van der Waals surface area contributed by atoms with Crippen LogP contribution in [0.2, 0.25) is 0 Å². The summed E-state index contributed by atoms with van der Waals surface area (Å²) in [4.78, 5) is 22.9. The van der Waals surface area contributed by atoms with Gasteiger partial charge in [0.05, 0.1) is 19.4 Å². The minimum atomic E-state index is -0.509. The molecule has 1 fully saturated rings. The molecule has 2 heterocycles. The zero-order valence-electron chi connectivity index (χ0n) is 10.2. The lowest BCUT2D eigenvalue weighted by Crippen LogP contribution is -2.47. The summed E-state index contributed by atoms with van der Waals surface area (Å²) in [5.41, 5.74) is 0.695. The molecule has 1 aliphatic rings. The number of methoxy groups -OCH3 is 1. The molecule has 6 heteroatoms. The quantitative estimate of drug-likeness (QED) is 0.760. The third kappa shape index (κ3) is 2.70. The molecule has 18 heavy (non-hydrogen) atoms. The summed E-state index contributed by atoms with van der Waals surface area (Å²) in [6, 6.07) is 1.49. The third-order valence-electron chi connectivity index (χ3n) is 2.94. The summed E-state index contributed by atoms with van der Waals surface area (Å²) in [6.07, 6.45) is 3.19. The van der Waals surface area contributed by atoms with Crippen molar-refractivity contribution in [1.29, 1.82) is 0 Å². The second-order valence-electron chi connectivity index (χ2n) is 4.13. The lowest BCUT2D eigenvalue weighted by Gasteiger charge is -2.22. The maximum atomic E-state index is 11.5. The van der Waals surface area contributed by atoms with Gasteiger partial charge in [0.1, 0.15) is 0 Å². The number of carbonyl (C=O) groups is 2. The van der Waals surface area contributed by atoms with E-state index in [0.29, 0.717) is 12.1 Å². The average molecular weight is 252 g/mol. The molecule has 0 bridgehead atoms. The van der Waals surface area contributed by atoms with E-state index in [2.05, 4.69) is 15.4 Å². The van der Waals surface area contributed by atoms with Crippen LogP contribution < -0.4 is 10.6 Å². The van der Waals surface area contributed by atoms with E-state index in [1.54, 1.807) is 6.07 Å². The molecule has 0 aromatic carbocycles. The van der Waals surface area contributed by atoms with Crippen LogP contribution in [0.1, 0.15) is 29.0 Å². The Hall–Kier alpha value is -1.82. The van der Waals surface area contributed by atoms with Crippen molar-refractivity contribution >= 4 is 11.9 Å². The Morgan fingerprint density at radius 1 is 1.67 bits per heavy atom. The number of piperidine rings is 1. The second kappa shape index (κ2) is 5.68. The van der Waals surface area contributed by atoms with Gasteiger partial charge in [0.15, 0.2) is 0 Å². The second-order valence-corrected chi connectivity index (χ2v) is 4.13. The molecule has 2 rings (SSSR count). The first-order valence-corrected chi connectivity index (χ1v) is 5.88. The Bertz CT molecular complexity index is 441. The van der Waals surface area contributed by atoms with Gasteiger partial charge in [-0.2, -0.15) is 0 Å². The number of rotatable bonds is 4. The monoisotopic (exact) mass is 252 g/mol. The summed E-state index contributed by atoms with van der Waals surface area (Å²) in [5.74, 6) is -0.324. The molecule has 0 aliphatic carbocycles. The number of furan rings is 1. The SMILES string of the molecule is COC(=O)c1occc1CNC1CCCNC1=O. The van der Waals surface area contributed by atoms with Crippen molar-refractivity contribution in [3.8, 4) is 0 Å². The van der Waals surface area contributed by atoms with Crippen LogP contribution in [0.4, 0.5) is 0 Å². The van der Waals surface area contributed by atoms with Crippen LogP contribution in [0.15, 0.2) is 16.7 Å². The van der Waals surface area contributed by atoms with Gasteiger partial charge in [0.25, 0.3) is 0 Å². The molecule has 6 nitrogen and oxygen atoms in total. The van der Waals surface area contributed by atoms with E-state index in [-0.39, 0.29) is 17.7 Å². The molecule has 2 N–H and O–H groups in total. The number of amides is 1. The van der Waals surface area contributed by atoms with Gasteiger partial charge in [-0.1, -0.05) is 0 Å². The lowest BCUT2D eigenvalue weighted by molar-refractivity contribution is -0.124. The summed E-state index contributed by atoms with van der Waals surface area (Å²) >= 11 is 0. The largest absolute Gasteiger partial charge is 0.463 e. The Kier molecular flexibility index (Phi) is 3.99. The van der Waals surface area contributed by atoms with E-state index in [1.807, 2.05) is 0 Å². The van der Waals surface area contributed by atoms with Gasteiger partial charge in [0, 0.05) is 18.7 Å². The van der Waals surface area contributed by atoms with Crippen LogP contribution >= 0.6 is 0 Å². The topological polar surface area (TPSA) is 80.6 Å². The fourth-order valence-corrected chi connectivity index (χ4v) is 1.95. The number of hydrogen-bond acceptors (Lipinski definition) is 5. The molecule has 1 aromatic heterocycles. The van der Waals surface area contributed by atoms with Crippen LogP contribution in [0.5, 0.6) is 0 Å². The molecule has 1 aliphatic heterocycles. The summed E-state index contributed by atoms with van der Waals surface area (Å²) in [5, 5.41) is 5.91. The Labute approximate surface area is 105 Å². The third-order valence-corrected chi connectivity index (χ3v) is 2.94. The number of hydrogen-bond donors (Lipinski definition) is 2. The summed E-state index contributed by atoms with van der Waals surface area (Å²) < 4.78 is 9.68. The highest BCUT2D eigenvalue weighted by Gasteiger charge is 2.22. The number of esters is 1. The van der Waals surface area contributed by atoms with Crippen molar-refractivity contribution in [1.82, 2.24) is 10.6 Å². The van der Waals surface area contributed by atoms with Gasteiger partial charge in [-0.3, -0.25) is 4.79 Å². The number of nitrogens with one attached hydrogen (secondary N) is 2. The number of carbonyl (C=O) groups excluding carboxylic acids is 2. The molecule has 0 spiro atoms. The first-order valence-electron chi connectivity index (χ1n) is 5.88. The molecule has 1 amide bonds. The van der Waals surface area contributed by atoms with Gasteiger partial charge in [-0.25, -0.2) is 4.79 Å². The Morgan fingerprint density at radius 2 is 2.50 bits per heavy atom. The number of ether oxygens (including phenoxy) is 1. The van der Waals surface area contributed by atoms with E-state index in [1.165, 1.54) is 13.4 Å². The maximum absolute atomic E-state index is 11.5. The Morgan fingerprint density at radius 3 is 3.22 bits per heavy atom. The average Bonchev–Trinajstić information content (AvgIpc) is 2.85. The fraction of sp³-hybridized carbons (Fsp3) is 0.500. The first kappa shape index (κ1) is 12.6. The molecule has 1 atom stereocenters. The molecule has 1 unspecified atom stereocenters. The van der Waals surface area contributed by atoms with Crippen molar-refractivity contribution < 1.29 is 18.7 Å². The van der Waals surface area contributed by atoms with Crippen LogP contribution in [0.25, 0.3) is 0 Å². The normalized spacial score (nSPS) is 19.4. The molecule has 0 saturated carbocycles. The minimum absolute atomic E-state index is 0.00404. The highest BCUT2D eigenvalue weighted by Crippen LogP contribution is 2.12. The van der Waals surface area contributed by atoms with Gasteiger partial charge in [-0.15, -0.1) is 0 Å². The van der Waals surface area contributed by atoms with Crippen molar-refractivity contribution in [2.24, 2.45) is 0 Å². The van der Waals surface area contributed by atoms with Crippen LogP contribution in [0, 0.1) is 0 Å². The fourth-order valence-electron chi connectivity index (χ4n) is 1.95. The van der Waals surface area contributed by atoms with E-state index < -0.39 is 5.97 Å². The molecule has 1 aromatic rings. The molecular weight excluding hydrogens is 236 g/mol. The molecule has 98 valence electrons. The molecular formula is C12H16N2O4. The highest BCUT2D eigenvalue weighted by molar-refractivity contribution is 5.88.